The molecule has 1 aliphatic heterocycles. The van der Waals surface area contributed by atoms with Gasteiger partial charge in [0.25, 0.3) is 0 Å². The van der Waals surface area contributed by atoms with E-state index in [1.54, 1.807) is 19.2 Å². The van der Waals surface area contributed by atoms with E-state index in [0.717, 1.165) is 51.0 Å². The largest absolute Gasteiger partial charge is 0.465 e. The molecule has 0 atom stereocenters. The zero-order valence-corrected chi connectivity index (χ0v) is 18.4. The van der Waals surface area contributed by atoms with Crippen LogP contribution in [0.25, 0.3) is 11.0 Å². The molecule has 0 spiro atoms. The molecule has 0 aromatic carbocycles. The average molecular weight is 446 g/mol. The predicted octanol–water partition coefficient (Wildman–Crippen LogP) is 3.75. The van der Waals surface area contributed by atoms with Gasteiger partial charge in [-0.05, 0) is 50.7 Å². The van der Waals surface area contributed by atoms with Gasteiger partial charge in [0.15, 0.2) is 5.78 Å². The topological polar surface area (TPSA) is 98.7 Å². The molecule has 1 aliphatic carbocycles. The minimum Gasteiger partial charge on any atom is -0.465 e. The molecular weight excluding hydrogens is 418 g/mol. The number of halogens is 1. The third kappa shape index (κ3) is 5.07. The van der Waals surface area contributed by atoms with Crippen molar-refractivity contribution in [2.24, 2.45) is 5.92 Å². The summed E-state index contributed by atoms with van der Waals surface area (Å²) >= 11 is 6.11. The molecular formula is C22H28ClN5O3. The molecule has 3 heterocycles. The van der Waals surface area contributed by atoms with Crippen molar-refractivity contribution in [2.45, 2.75) is 38.6 Å². The molecule has 0 unspecified atom stereocenters. The van der Waals surface area contributed by atoms with E-state index in [2.05, 4.69) is 20.2 Å². The Kier molecular flexibility index (Phi) is 6.57. The van der Waals surface area contributed by atoms with Crippen LogP contribution in [0.4, 0.5) is 10.5 Å². The van der Waals surface area contributed by atoms with Gasteiger partial charge >= 0.3 is 6.09 Å². The van der Waals surface area contributed by atoms with E-state index in [0.29, 0.717) is 40.8 Å². The first-order chi connectivity index (χ1) is 14.9. The maximum Gasteiger partial charge on any atom is 0.407 e. The molecule has 0 bridgehead atoms. The lowest BCUT2D eigenvalue weighted by molar-refractivity contribution is 0.0936. The van der Waals surface area contributed by atoms with Gasteiger partial charge in [-0.2, -0.15) is 0 Å². The number of rotatable bonds is 5. The fourth-order valence-electron chi connectivity index (χ4n) is 4.64. The molecule has 31 heavy (non-hydrogen) atoms. The van der Waals surface area contributed by atoms with Crippen LogP contribution < -0.4 is 5.32 Å². The van der Waals surface area contributed by atoms with Crippen LogP contribution >= 0.6 is 11.6 Å². The van der Waals surface area contributed by atoms with Crippen LogP contribution in [0.1, 0.15) is 43.0 Å². The van der Waals surface area contributed by atoms with E-state index in [4.69, 9.17) is 16.7 Å². The number of carbonyl (C=O) groups excluding carboxylic acids is 1. The minimum absolute atomic E-state index is 0.0483. The van der Waals surface area contributed by atoms with Crippen LogP contribution in [0.15, 0.2) is 18.3 Å². The molecule has 9 heteroatoms. The molecule has 2 N–H and O–H groups in total. The van der Waals surface area contributed by atoms with Crippen LogP contribution in [0, 0.1) is 5.92 Å². The number of nitrogens with zero attached hydrogens (tertiary/aromatic N) is 4. The first-order valence-electron chi connectivity index (χ1n) is 10.8. The Morgan fingerprint density at radius 3 is 2.52 bits per heavy atom. The smallest absolute Gasteiger partial charge is 0.407 e. The average Bonchev–Trinajstić information content (AvgIpc) is 2.75. The Hall–Kier alpha value is -2.45. The van der Waals surface area contributed by atoms with Gasteiger partial charge in [0.2, 0.25) is 0 Å². The van der Waals surface area contributed by atoms with Crippen LogP contribution in [-0.4, -0.2) is 75.5 Å². The van der Waals surface area contributed by atoms with Crippen molar-refractivity contribution in [2.75, 3.05) is 38.0 Å². The van der Waals surface area contributed by atoms with E-state index in [-0.39, 0.29) is 11.8 Å². The van der Waals surface area contributed by atoms with Crippen molar-refractivity contribution in [3.05, 3.63) is 29.0 Å². The van der Waals surface area contributed by atoms with Gasteiger partial charge in [-0.25, -0.2) is 9.78 Å². The quantitative estimate of drug-likeness (QED) is 0.534. The number of Topliss-reactive ketones (excluding diaryl/α,β-unsaturated/α-hetero) is 1. The normalized spacial score (nSPS) is 22.5. The van der Waals surface area contributed by atoms with E-state index in [1.807, 2.05) is 6.07 Å². The number of fused-ring (bicyclic) bond motifs is 1. The molecule has 0 radical (unpaired) electrons. The molecule has 2 aromatic rings. The lowest BCUT2D eigenvalue weighted by Gasteiger charge is -2.37. The number of carbonyl (C=O) groups is 2. The number of anilines is 1. The Morgan fingerprint density at radius 2 is 1.87 bits per heavy atom. The summed E-state index contributed by atoms with van der Waals surface area (Å²) in [5.74, 6) is 0.566. The third-order valence-electron chi connectivity index (χ3n) is 6.41. The van der Waals surface area contributed by atoms with Gasteiger partial charge in [-0.3, -0.25) is 14.7 Å². The van der Waals surface area contributed by atoms with Crippen molar-refractivity contribution in [3.63, 3.8) is 0 Å². The Bertz CT molecular complexity index is 969. The SMILES string of the molecule is CC(=O)c1cnc2ccc(Cl)nc2c1N[C@H]1CC[C@H](CN2CCN(C(=O)O)CC2)CC1. The van der Waals surface area contributed by atoms with Crippen molar-refractivity contribution in [1.29, 1.82) is 0 Å². The summed E-state index contributed by atoms with van der Waals surface area (Å²) in [6.07, 6.45) is 5.02. The van der Waals surface area contributed by atoms with E-state index < -0.39 is 6.09 Å². The molecule has 2 aromatic heterocycles. The maximum absolute atomic E-state index is 12.2. The zero-order chi connectivity index (χ0) is 22.0. The number of pyridine rings is 2. The monoisotopic (exact) mass is 445 g/mol. The van der Waals surface area contributed by atoms with E-state index in [9.17, 15) is 9.59 Å². The Labute approximate surface area is 186 Å². The van der Waals surface area contributed by atoms with Crippen molar-refractivity contribution >= 4 is 40.2 Å². The summed E-state index contributed by atoms with van der Waals surface area (Å²) in [5.41, 5.74) is 2.62. The highest BCUT2D eigenvalue weighted by Crippen LogP contribution is 2.32. The molecule has 8 nitrogen and oxygen atoms in total. The number of aromatic nitrogens is 2. The maximum atomic E-state index is 12.2. The summed E-state index contributed by atoms with van der Waals surface area (Å²) in [7, 11) is 0. The van der Waals surface area contributed by atoms with Gasteiger partial charge in [0, 0.05) is 45.0 Å². The summed E-state index contributed by atoms with van der Waals surface area (Å²) in [6, 6.07) is 3.79. The highest BCUT2D eigenvalue weighted by atomic mass is 35.5. The standard InChI is InChI=1S/C22H28ClN5O3/c1-14(29)17-12-24-18-6-7-19(23)26-21(18)20(17)25-16-4-2-15(3-5-16)13-27-8-10-28(11-9-27)22(30)31/h6-7,12,15-16H,2-5,8-11,13H2,1H3,(H,24,25)(H,30,31)/t15-,16-. The zero-order valence-electron chi connectivity index (χ0n) is 17.7. The summed E-state index contributed by atoms with van der Waals surface area (Å²) < 4.78 is 0. The number of amides is 1. The fraction of sp³-hybridized carbons (Fsp3) is 0.545. The first kappa shape index (κ1) is 21.8. The highest BCUT2D eigenvalue weighted by molar-refractivity contribution is 6.30. The van der Waals surface area contributed by atoms with Crippen molar-refractivity contribution in [1.82, 2.24) is 19.8 Å². The lowest BCUT2D eigenvalue weighted by Crippen LogP contribution is -2.49. The van der Waals surface area contributed by atoms with Crippen molar-refractivity contribution in [3.8, 4) is 0 Å². The van der Waals surface area contributed by atoms with Crippen molar-refractivity contribution < 1.29 is 14.7 Å². The van der Waals surface area contributed by atoms with Crippen LogP contribution in [0.5, 0.6) is 0 Å². The Morgan fingerprint density at radius 1 is 1.16 bits per heavy atom. The third-order valence-corrected chi connectivity index (χ3v) is 6.62. The predicted molar refractivity (Wildman–Crippen MR) is 120 cm³/mol. The van der Waals surface area contributed by atoms with Gasteiger partial charge in [0.1, 0.15) is 10.7 Å². The second-order valence-corrected chi connectivity index (χ2v) is 8.92. The Balaban J connectivity index is 1.38. The number of piperazine rings is 1. The van der Waals surface area contributed by atoms with E-state index >= 15 is 0 Å². The second-order valence-electron chi connectivity index (χ2n) is 8.54. The molecule has 1 saturated heterocycles. The molecule has 2 aliphatic rings. The van der Waals surface area contributed by atoms with Gasteiger partial charge in [-0.15, -0.1) is 0 Å². The molecule has 166 valence electrons. The molecule has 2 fully saturated rings. The van der Waals surface area contributed by atoms with Crippen LogP contribution in [-0.2, 0) is 0 Å². The van der Waals surface area contributed by atoms with Crippen LogP contribution in [0.2, 0.25) is 5.15 Å². The van der Waals surface area contributed by atoms with Gasteiger partial charge in [-0.1, -0.05) is 11.6 Å². The number of hydrogen-bond acceptors (Lipinski definition) is 6. The molecule has 1 amide bonds. The number of carboxylic acid groups (broad SMARTS) is 1. The fourth-order valence-corrected chi connectivity index (χ4v) is 4.78. The number of ketones is 1. The summed E-state index contributed by atoms with van der Waals surface area (Å²) in [6.45, 7) is 5.35. The van der Waals surface area contributed by atoms with Gasteiger partial charge < -0.3 is 15.3 Å². The molecule has 1 saturated carbocycles. The summed E-state index contributed by atoms with van der Waals surface area (Å²) in [4.78, 5) is 35.9. The lowest BCUT2D eigenvalue weighted by atomic mass is 9.85. The second kappa shape index (κ2) is 9.36. The highest BCUT2D eigenvalue weighted by Gasteiger charge is 2.27. The summed E-state index contributed by atoms with van der Waals surface area (Å²) in [5, 5.41) is 13.1. The first-order valence-corrected chi connectivity index (χ1v) is 11.2. The number of nitrogens with one attached hydrogen (secondary N) is 1. The van der Waals surface area contributed by atoms with Gasteiger partial charge in [0.05, 0.1) is 16.8 Å². The molecule has 4 rings (SSSR count). The van der Waals surface area contributed by atoms with Crippen LogP contribution in [0.3, 0.4) is 0 Å². The minimum atomic E-state index is -0.824. The number of hydrogen-bond donors (Lipinski definition) is 2. The van der Waals surface area contributed by atoms with E-state index in [1.165, 1.54) is 4.90 Å².